The summed E-state index contributed by atoms with van der Waals surface area (Å²) < 4.78 is 0. The van der Waals surface area contributed by atoms with Gasteiger partial charge in [-0.05, 0) is 36.8 Å². The van der Waals surface area contributed by atoms with Crippen molar-refractivity contribution in [3.63, 3.8) is 0 Å². The van der Waals surface area contributed by atoms with Crippen LogP contribution in [0, 0.1) is 12.3 Å². The van der Waals surface area contributed by atoms with Gasteiger partial charge in [0, 0.05) is 25.6 Å². The van der Waals surface area contributed by atoms with Gasteiger partial charge in [0.1, 0.15) is 0 Å². The highest BCUT2D eigenvalue weighted by molar-refractivity contribution is 5.97. The van der Waals surface area contributed by atoms with E-state index >= 15 is 0 Å². The first-order chi connectivity index (χ1) is 12.5. The molecule has 1 aliphatic carbocycles. The van der Waals surface area contributed by atoms with Crippen molar-refractivity contribution in [2.45, 2.75) is 45.4 Å². The maximum atomic E-state index is 12.2. The van der Waals surface area contributed by atoms with Crippen LogP contribution in [0.4, 0.5) is 0 Å². The minimum atomic E-state index is -0.254. The van der Waals surface area contributed by atoms with Gasteiger partial charge in [0.25, 0.3) is 5.91 Å². The van der Waals surface area contributed by atoms with E-state index in [1.54, 1.807) is 19.2 Å². The smallest absolute Gasteiger partial charge is 0.251 e. The van der Waals surface area contributed by atoms with E-state index in [0.29, 0.717) is 18.5 Å². The molecule has 3 N–H and O–H groups in total. The molecule has 1 fully saturated rings. The molecule has 0 radical (unpaired) electrons. The van der Waals surface area contributed by atoms with Crippen molar-refractivity contribution in [2.24, 2.45) is 5.41 Å². The summed E-state index contributed by atoms with van der Waals surface area (Å²) in [7, 11) is 1.64. The molecule has 0 aliphatic heterocycles. The lowest BCUT2D eigenvalue weighted by atomic mass is 9.71. The van der Waals surface area contributed by atoms with Crippen molar-refractivity contribution in [1.82, 2.24) is 16.0 Å². The third kappa shape index (κ3) is 5.58. The normalized spacial score (nSPS) is 15.8. The summed E-state index contributed by atoms with van der Waals surface area (Å²) in [5.74, 6) is -0.473. The number of rotatable bonds is 7. The van der Waals surface area contributed by atoms with Crippen molar-refractivity contribution >= 4 is 17.7 Å². The molecule has 6 nitrogen and oxygen atoms in total. The van der Waals surface area contributed by atoms with Crippen LogP contribution in [-0.2, 0) is 9.59 Å². The van der Waals surface area contributed by atoms with Gasteiger partial charge in [0.2, 0.25) is 11.8 Å². The number of hydrogen-bond acceptors (Lipinski definition) is 3. The molecule has 0 saturated heterocycles. The SMILES string of the molecule is CNC(=O)CC1(CNC(=O)CNC(=O)c2ccccc2C)CCCCC1. The van der Waals surface area contributed by atoms with Crippen molar-refractivity contribution in [3.05, 3.63) is 35.4 Å². The van der Waals surface area contributed by atoms with Crippen LogP contribution in [0.1, 0.15) is 54.4 Å². The maximum Gasteiger partial charge on any atom is 0.251 e. The van der Waals surface area contributed by atoms with Crippen LogP contribution in [-0.4, -0.2) is 37.9 Å². The fraction of sp³-hybridized carbons (Fsp3) is 0.550. The van der Waals surface area contributed by atoms with Gasteiger partial charge in [0.05, 0.1) is 6.54 Å². The summed E-state index contributed by atoms with van der Waals surface area (Å²) in [4.78, 5) is 36.2. The van der Waals surface area contributed by atoms with E-state index in [4.69, 9.17) is 0 Å². The van der Waals surface area contributed by atoms with E-state index in [1.165, 1.54) is 6.42 Å². The van der Waals surface area contributed by atoms with Crippen LogP contribution in [0.25, 0.3) is 0 Å². The van der Waals surface area contributed by atoms with Crippen molar-refractivity contribution in [3.8, 4) is 0 Å². The molecular formula is C20H29N3O3. The Morgan fingerprint density at radius 3 is 2.35 bits per heavy atom. The Labute approximate surface area is 155 Å². The Morgan fingerprint density at radius 2 is 1.69 bits per heavy atom. The van der Waals surface area contributed by atoms with Crippen LogP contribution < -0.4 is 16.0 Å². The Bertz CT molecular complexity index is 651. The molecule has 0 spiro atoms. The summed E-state index contributed by atoms with van der Waals surface area (Å²) in [6.45, 7) is 2.27. The fourth-order valence-corrected chi connectivity index (χ4v) is 3.58. The quantitative estimate of drug-likeness (QED) is 0.695. The number of amides is 3. The molecule has 1 aromatic carbocycles. The summed E-state index contributed by atoms with van der Waals surface area (Å²) in [5, 5.41) is 8.25. The molecule has 0 aromatic heterocycles. The number of nitrogens with one attached hydrogen (secondary N) is 3. The van der Waals surface area contributed by atoms with Gasteiger partial charge >= 0.3 is 0 Å². The van der Waals surface area contributed by atoms with Crippen LogP contribution in [0.2, 0.25) is 0 Å². The minimum Gasteiger partial charge on any atom is -0.359 e. The van der Waals surface area contributed by atoms with Gasteiger partial charge in [-0.15, -0.1) is 0 Å². The molecule has 1 aromatic rings. The number of hydrogen-bond donors (Lipinski definition) is 3. The second-order valence-corrected chi connectivity index (χ2v) is 7.18. The van der Waals surface area contributed by atoms with E-state index in [9.17, 15) is 14.4 Å². The molecule has 3 amide bonds. The van der Waals surface area contributed by atoms with Gasteiger partial charge < -0.3 is 16.0 Å². The second-order valence-electron chi connectivity index (χ2n) is 7.18. The van der Waals surface area contributed by atoms with Crippen LogP contribution >= 0.6 is 0 Å². The summed E-state index contributed by atoms with van der Waals surface area (Å²) >= 11 is 0. The van der Waals surface area contributed by atoms with E-state index in [0.717, 1.165) is 31.2 Å². The van der Waals surface area contributed by atoms with Crippen LogP contribution in [0.15, 0.2) is 24.3 Å². The second kappa shape index (κ2) is 9.36. The Kier molecular flexibility index (Phi) is 7.18. The zero-order valence-electron chi connectivity index (χ0n) is 15.7. The van der Waals surface area contributed by atoms with Crippen LogP contribution in [0.5, 0.6) is 0 Å². The molecule has 6 heteroatoms. The summed E-state index contributed by atoms with van der Waals surface area (Å²) in [6.07, 6.45) is 5.65. The molecular weight excluding hydrogens is 330 g/mol. The average Bonchev–Trinajstić information content (AvgIpc) is 2.65. The van der Waals surface area contributed by atoms with E-state index in [1.807, 2.05) is 19.1 Å². The third-order valence-corrected chi connectivity index (χ3v) is 5.19. The molecule has 0 atom stereocenters. The number of carbonyl (C=O) groups excluding carboxylic acids is 3. The highest BCUT2D eigenvalue weighted by Crippen LogP contribution is 2.38. The predicted octanol–water partition coefficient (Wildman–Crippen LogP) is 1.93. The zero-order chi connectivity index (χ0) is 19.0. The van der Waals surface area contributed by atoms with Gasteiger partial charge in [-0.25, -0.2) is 0 Å². The lowest BCUT2D eigenvalue weighted by Crippen LogP contribution is -2.45. The highest BCUT2D eigenvalue weighted by atomic mass is 16.2. The van der Waals surface area contributed by atoms with Crippen LogP contribution in [0.3, 0.4) is 0 Å². The van der Waals surface area contributed by atoms with Gasteiger partial charge in [-0.3, -0.25) is 14.4 Å². The lowest BCUT2D eigenvalue weighted by molar-refractivity contribution is -0.125. The largest absolute Gasteiger partial charge is 0.359 e. The molecule has 0 heterocycles. The fourth-order valence-electron chi connectivity index (χ4n) is 3.58. The van der Waals surface area contributed by atoms with E-state index in [2.05, 4.69) is 16.0 Å². The Balaban J connectivity index is 1.85. The molecule has 0 bridgehead atoms. The summed E-state index contributed by atoms with van der Waals surface area (Å²) in [5.41, 5.74) is 1.27. The Hall–Kier alpha value is -2.37. The maximum absolute atomic E-state index is 12.2. The van der Waals surface area contributed by atoms with Gasteiger partial charge in [-0.2, -0.15) is 0 Å². The van der Waals surface area contributed by atoms with Crippen molar-refractivity contribution in [2.75, 3.05) is 20.1 Å². The van der Waals surface area contributed by atoms with Crippen molar-refractivity contribution in [1.29, 1.82) is 0 Å². The summed E-state index contributed by atoms with van der Waals surface area (Å²) in [6, 6.07) is 7.27. The monoisotopic (exact) mass is 359 g/mol. The van der Waals surface area contributed by atoms with Gasteiger partial charge in [-0.1, -0.05) is 37.5 Å². The number of benzene rings is 1. The number of carbonyl (C=O) groups is 3. The number of aryl methyl sites for hydroxylation is 1. The van der Waals surface area contributed by atoms with Crippen molar-refractivity contribution < 1.29 is 14.4 Å². The standard InChI is InChI=1S/C20H29N3O3/c1-15-8-4-5-9-16(15)19(26)22-13-18(25)23-14-20(12-17(24)21-2)10-6-3-7-11-20/h4-5,8-9H,3,6-7,10-14H2,1-2H3,(H,21,24)(H,22,26)(H,23,25). The van der Waals surface area contributed by atoms with E-state index < -0.39 is 0 Å². The molecule has 1 aliphatic rings. The average molecular weight is 359 g/mol. The van der Waals surface area contributed by atoms with E-state index in [-0.39, 0.29) is 29.7 Å². The Morgan fingerprint density at radius 1 is 1.00 bits per heavy atom. The topological polar surface area (TPSA) is 87.3 Å². The minimum absolute atomic E-state index is 0.00834. The third-order valence-electron chi connectivity index (χ3n) is 5.19. The first-order valence-electron chi connectivity index (χ1n) is 9.27. The molecule has 142 valence electrons. The first kappa shape index (κ1) is 19.9. The zero-order valence-corrected chi connectivity index (χ0v) is 15.7. The van der Waals surface area contributed by atoms with Gasteiger partial charge in [0.15, 0.2) is 0 Å². The first-order valence-corrected chi connectivity index (χ1v) is 9.27. The molecule has 0 unspecified atom stereocenters. The molecule has 1 saturated carbocycles. The molecule has 26 heavy (non-hydrogen) atoms. The molecule has 2 rings (SSSR count). The highest BCUT2D eigenvalue weighted by Gasteiger charge is 2.34. The predicted molar refractivity (Wildman–Crippen MR) is 101 cm³/mol. The lowest BCUT2D eigenvalue weighted by Gasteiger charge is -2.37.